The molecule has 7 nitrogen and oxygen atoms in total. The Kier molecular flexibility index (Phi) is 8.12. The molecule has 1 aromatic heterocycles. The Balaban J connectivity index is 1.89. The molecule has 2 aromatic carbocycles. The number of nitrogens with zero attached hydrogens (tertiary/aromatic N) is 2. The van der Waals surface area contributed by atoms with E-state index >= 15 is 4.39 Å². The molecule has 4 atom stereocenters. The summed E-state index contributed by atoms with van der Waals surface area (Å²) in [6, 6.07) is 14.6. The third kappa shape index (κ3) is 5.69. The molecule has 4 rings (SSSR count). The highest BCUT2D eigenvalue weighted by atomic mass is 79.9. The van der Waals surface area contributed by atoms with Gasteiger partial charge in [-0.25, -0.2) is 9.18 Å². The molecule has 1 aliphatic heterocycles. The van der Waals surface area contributed by atoms with Crippen LogP contribution in [0.25, 0.3) is 0 Å². The number of amides is 1. The molecular weight excluding hydrogens is 587 g/mol. The number of carbonyl (C=O) groups is 2. The van der Waals surface area contributed by atoms with Crippen LogP contribution in [0, 0.1) is 22.6 Å². The lowest BCUT2D eigenvalue weighted by Crippen LogP contribution is -2.44. The Labute approximate surface area is 239 Å². The smallest absolute Gasteiger partial charge is 0.335 e. The largest absolute Gasteiger partial charge is 0.478 e. The van der Waals surface area contributed by atoms with E-state index in [1.165, 1.54) is 30.3 Å². The van der Waals surface area contributed by atoms with E-state index in [1.54, 1.807) is 30.5 Å². The van der Waals surface area contributed by atoms with Gasteiger partial charge in [0.2, 0.25) is 5.91 Å². The average Bonchev–Trinajstić information content (AvgIpc) is 3.19. The molecule has 0 unspecified atom stereocenters. The predicted molar refractivity (Wildman–Crippen MR) is 150 cm³/mol. The molecule has 0 radical (unpaired) electrons. The van der Waals surface area contributed by atoms with Crippen LogP contribution in [0.5, 0.6) is 0 Å². The van der Waals surface area contributed by atoms with Crippen LogP contribution < -0.4 is 10.6 Å². The lowest BCUT2D eigenvalue weighted by Gasteiger charge is -2.36. The molecule has 202 valence electrons. The first-order valence-electron chi connectivity index (χ1n) is 12.2. The van der Waals surface area contributed by atoms with E-state index in [1.807, 2.05) is 20.8 Å². The van der Waals surface area contributed by atoms with E-state index in [0.29, 0.717) is 22.3 Å². The number of halogens is 3. The number of nitriles is 1. The topological polar surface area (TPSA) is 115 Å². The fourth-order valence-corrected chi connectivity index (χ4v) is 5.66. The van der Waals surface area contributed by atoms with Crippen molar-refractivity contribution in [1.82, 2.24) is 10.3 Å². The zero-order valence-electron chi connectivity index (χ0n) is 21.5. The van der Waals surface area contributed by atoms with Gasteiger partial charge in [0.05, 0.1) is 28.4 Å². The number of carboxylic acids is 1. The maximum Gasteiger partial charge on any atom is 0.335 e. The Morgan fingerprint density at radius 1 is 1.21 bits per heavy atom. The number of rotatable bonds is 6. The maximum atomic E-state index is 15.7. The monoisotopic (exact) mass is 612 g/mol. The molecule has 3 N–H and O–H groups in total. The van der Waals surface area contributed by atoms with E-state index in [2.05, 4.69) is 37.6 Å². The average molecular weight is 614 g/mol. The molecule has 1 aliphatic rings. The summed E-state index contributed by atoms with van der Waals surface area (Å²) in [6.45, 7) is 6.08. The van der Waals surface area contributed by atoms with Gasteiger partial charge in [0.15, 0.2) is 0 Å². The van der Waals surface area contributed by atoms with Crippen molar-refractivity contribution < 1.29 is 19.1 Å². The first-order valence-corrected chi connectivity index (χ1v) is 13.4. The highest BCUT2D eigenvalue weighted by Crippen LogP contribution is 2.51. The minimum Gasteiger partial charge on any atom is -0.478 e. The molecule has 0 spiro atoms. The number of pyridine rings is 1. The Bertz CT molecular complexity index is 1440. The number of aromatic carboxylic acids is 1. The summed E-state index contributed by atoms with van der Waals surface area (Å²) in [6.07, 6.45) is 2.06. The number of benzene rings is 2. The van der Waals surface area contributed by atoms with Crippen molar-refractivity contribution in [2.24, 2.45) is 5.41 Å². The first-order chi connectivity index (χ1) is 18.4. The summed E-state index contributed by atoms with van der Waals surface area (Å²) in [4.78, 5) is 29.6. The van der Waals surface area contributed by atoms with E-state index in [9.17, 15) is 20.0 Å². The third-order valence-corrected chi connectivity index (χ3v) is 7.67. The number of aromatic nitrogens is 1. The molecule has 0 aliphatic carbocycles. The zero-order valence-corrected chi connectivity index (χ0v) is 23.8. The fraction of sp³-hybridized carbons (Fsp3) is 0.310. The van der Waals surface area contributed by atoms with Gasteiger partial charge >= 0.3 is 5.97 Å². The van der Waals surface area contributed by atoms with Crippen molar-refractivity contribution in [1.29, 1.82) is 5.26 Å². The minimum absolute atomic E-state index is 0.0703. The second-order valence-electron chi connectivity index (χ2n) is 10.8. The summed E-state index contributed by atoms with van der Waals surface area (Å²) >= 11 is 9.57. The third-order valence-electron chi connectivity index (χ3n) is 6.91. The van der Waals surface area contributed by atoms with Gasteiger partial charge in [-0.15, -0.1) is 0 Å². The van der Waals surface area contributed by atoms with Gasteiger partial charge in [-0.1, -0.05) is 44.5 Å². The molecule has 3 aromatic rings. The molecular formula is C29H27BrClFN4O3. The molecule has 1 saturated heterocycles. The first kappa shape index (κ1) is 28.7. The molecule has 2 heterocycles. The summed E-state index contributed by atoms with van der Waals surface area (Å²) in [5.41, 5.74) is -0.736. The van der Waals surface area contributed by atoms with Gasteiger partial charge in [0.1, 0.15) is 11.2 Å². The summed E-state index contributed by atoms with van der Waals surface area (Å²) in [5, 5.41) is 26.1. The SMILES string of the molecule is CC(C)(C)C[C@@H]1N[C@@H](C(=O)Nc2ccc(C(=O)O)cc2)[C@H](c2cccc(Cl)c2F)[C@@]1(C#N)c1ccc(Br)cn1. The molecule has 39 heavy (non-hydrogen) atoms. The molecule has 1 amide bonds. The Morgan fingerprint density at radius 3 is 2.46 bits per heavy atom. The van der Waals surface area contributed by atoms with Crippen LogP contribution in [0.2, 0.25) is 5.02 Å². The van der Waals surface area contributed by atoms with Crippen molar-refractivity contribution in [3.8, 4) is 6.07 Å². The van der Waals surface area contributed by atoms with Crippen LogP contribution in [-0.2, 0) is 10.2 Å². The number of nitrogens with one attached hydrogen (secondary N) is 2. The maximum absolute atomic E-state index is 15.7. The second-order valence-corrected chi connectivity index (χ2v) is 12.1. The molecule has 0 bridgehead atoms. The summed E-state index contributed by atoms with van der Waals surface area (Å²) in [5.74, 6) is -3.30. The van der Waals surface area contributed by atoms with E-state index in [4.69, 9.17) is 11.6 Å². The standard InChI is InChI=1S/C29H27BrClFN4O3/c1-28(2,3)13-22-29(15-33,21-12-9-17(30)14-34-21)23(19-5-4-6-20(31)24(19)32)25(36-22)26(37)35-18-10-7-16(8-11-18)27(38)39/h4-12,14,22-23,25,36H,13H2,1-3H3,(H,35,37)(H,38,39)/t22-,23-,25+,29-/m0/s1. The number of carboxylic acid groups (broad SMARTS) is 1. The van der Waals surface area contributed by atoms with Crippen LogP contribution in [-0.4, -0.2) is 34.1 Å². The predicted octanol–water partition coefficient (Wildman–Crippen LogP) is 6.30. The van der Waals surface area contributed by atoms with Crippen LogP contribution in [0.4, 0.5) is 10.1 Å². The van der Waals surface area contributed by atoms with Gasteiger partial charge in [0.25, 0.3) is 0 Å². The van der Waals surface area contributed by atoms with Crippen LogP contribution in [0.3, 0.4) is 0 Å². The zero-order chi connectivity index (χ0) is 28.5. The van der Waals surface area contributed by atoms with Gasteiger partial charge < -0.3 is 15.7 Å². The molecule has 10 heteroatoms. The molecule has 0 saturated carbocycles. The summed E-state index contributed by atoms with van der Waals surface area (Å²) < 4.78 is 16.4. The fourth-order valence-electron chi connectivity index (χ4n) is 5.25. The molecule has 1 fully saturated rings. The number of hydrogen-bond acceptors (Lipinski definition) is 5. The highest BCUT2D eigenvalue weighted by Gasteiger charge is 2.61. The van der Waals surface area contributed by atoms with Gasteiger partial charge in [-0.3, -0.25) is 9.78 Å². The lowest BCUT2D eigenvalue weighted by molar-refractivity contribution is -0.118. The van der Waals surface area contributed by atoms with E-state index < -0.39 is 41.1 Å². The van der Waals surface area contributed by atoms with Gasteiger partial charge in [-0.05, 0) is 75.8 Å². The minimum atomic E-state index is -1.44. The van der Waals surface area contributed by atoms with Crippen molar-refractivity contribution in [3.05, 3.63) is 92.9 Å². The Morgan fingerprint density at radius 2 is 1.90 bits per heavy atom. The van der Waals surface area contributed by atoms with Crippen LogP contribution in [0.15, 0.2) is 65.3 Å². The number of anilines is 1. The quantitative estimate of drug-likeness (QED) is 0.301. The van der Waals surface area contributed by atoms with E-state index in [-0.39, 0.29) is 21.6 Å². The Hall–Kier alpha value is -3.32. The van der Waals surface area contributed by atoms with Crippen molar-refractivity contribution in [2.75, 3.05) is 5.32 Å². The van der Waals surface area contributed by atoms with Crippen molar-refractivity contribution >= 4 is 45.1 Å². The van der Waals surface area contributed by atoms with Crippen molar-refractivity contribution in [2.45, 2.75) is 50.6 Å². The normalized spacial score (nSPS) is 22.7. The van der Waals surface area contributed by atoms with Crippen LogP contribution in [0.1, 0.15) is 54.7 Å². The van der Waals surface area contributed by atoms with E-state index in [0.717, 1.165) is 0 Å². The second kappa shape index (κ2) is 11.0. The van der Waals surface area contributed by atoms with Gasteiger partial charge in [-0.2, -0.15) is 5.26 Å². The van der Waals surface area contributed by atoms with Crippen molar-refractivity contribution in [3.63, 3.8) is 0 Å². The van der Waals surface area contributed by atoms with Gasteiger partial charge in [0, 0.05) is 28.3 Å². The van der Waals surface area contributed by atoms with Crippen LogP contribution >= 0.6 is 27.5 Å². The number of carbonyl (C=O) groups excluding carboxylic acids is 1. The lowest BCUT2D eigenvalue weighted by atomic mass is 9.64. The number of hydrogen-bond donors (Lipinski definition) is 3. The summed E-state index contributed by atoms with van der Waals surface area (Å²) in [7, 11) is 0. The highest BCUT2D eigenvalue weighted by molar-refractivity contribution is 9.10.